The van der Waals surface area contributed by atoms with Gasteiger partial charge in [0.15, 0.2) is 0 Å². The molecule has 2 rings (SSSR count). The molecule has 2 aromatic heterocycles. The zero-order chi connectivity index (χ0) is 12.4. The van der Waals surface area contributed by atoms with E-state index in [1.54, 1.807) is 7.05 Å². The predicted octanol–water partition coefficient (Wildman–Crippen LogP) is 1.35. The number of carbonyl (C=O) groups is 1. The molecule has 0 radical (unpaired) electrons. The van der Waals surface area contributed by atoms with Crippen LogP contribution in [0.25, 0.3) is 0 Å². The van der Waals surface area contributed by atoms with Gasteiger partial charge in [0, 0.05) is 13.1 Å². The van der Waals surface area contributed by atoms with Crippen LogP contribution in [0.2, 0.25) is 5.02 Å². The summed E-state index contributed by atoms with van der Waals surface area (Å²) in [4.78, 5) is 18.5. The maximum absolute atomic E-state index is 10.8. The predicted molar refractivity (Wildman–Crippen MR) is 57.3 cm³/mol. The van der Waals surface area contributed by atoms with Gasteiger partial charge in [0.25, 0.3) is 0 Å². The number of rotatable bonds is 3. The Morgan fingerprint density at radius 3 is 2.88 bits per heavy atom. The molecule has 0 aliphatic rings. The number of nitrogens with zero attached hydrogens (tertiary/aromatic N) is 4. The SMILES string of the molecule is Cn1cnc(Oc2cc(C(=O)O)c(Cl)cn2)n1. The lowest BCUT2D eigenvalue weighted by Gasteiger charge is -2.02. The minimum Gasteiger partial charge on any atom is -0.478 e. The fraction of sp³-hybridized carbons (Fsp3) is 0.111. The lowest BCUT2D eigenvalue weighted by atomic mass is 10.3. The van der Waals surface area contributed by atoms with Crippen molar-refractivity contribution in [3.63, 3.8) is 0 Å². The Balaban J connectivity index is 2.28. The lowest BCUT2D eigenvalue weighted by molar-refractivity contribution is 0.0696. The number of aromatic carboxylic acids is 1. The van der Waals surface area contributed by atoms with Crippen molar-refractivity contribution in [1.29, 1.82) is 0 Å². The summed E-state index contributed by atoms with van der Waals surface area (Å²) < 4.78 is 6.62. The molecule has 0 bridgehead atoms. The van der Waals surface area contributed by atoms with Gasteiger partial charge in [-0.25, -0.2) is 9.78 Å². The van der Waals surface area contributed by atoms with Crippen LogP contribution in [0.15, 0.2) is 18.6 Å². The Hall–Kier alpha value is -2.15. The quantitative estimate of drug-likeness (QED) is 0.889. The van der Waals surface area contributed by atoms with Gasteiger partial charge >= 0.3 is 12.0 Å². The van der Waals surface area contributed by atoms with Crippen molar-refractivity contribution in [1.82, 2.24) is 19.7 Å². The third kappa shape index (κ3) is 2.51. The first-order chi connectivity index (χ1) is 8.06. The lowest BCUT2D eigenvalue weighted by Crippen LogP contribution is -2.00. The van der Waals surface area contributed by atoms with E-state index in [1.807, 2.05) is 0 Å². The van der Waals surface area contributed by atoms with Crippen LogP contribution in [0.3, 0.4) is 0 Å². The Morgan fingerprint density at radius 2 is 2.29 bits per heavy atom. The van der Waals surface area contributed by atoms with Crippen LogP contribution >= 0.6 is 11.6 Å². The minimum atomic E-state index is -1.16. The fourth-order valence-corrected chi connectivity index (χ4v) is 1.28. The molecule has 0 aliphatic carbocycles. The van der Waals surface area contributed by atoms with E-state index in [0.717, 1.165) is 0 Å². The molecule has 7 nitrogen and oxygen atoms in total. The highest BCUT2D eigenvalue weighted by Crippen LogP contribution is 2.21. The first-order valence-electron chi connectivity index (χ1n) is 4.48. The first-order valence-corrected chi connectivity index (χ1v) is 4.86. The van der Waals surface area contributed by atoms with Crippen LogP contribution in [-0.4, -0.2) is 30.8 Å². The standard InChI is InChI=1S/C9H7ClN4O3/c1-14-4-12-9(13-14)17-7-2-5(8(15)16)6(10)3-11-7/h2-4H,1H3,(H,15,16). The van der Waals surface area contributed by atoms with E-state index < -0.39 is 5.97 Å². The van der Waals surface area contributed by atoms with Crippen molar-refractivity contribution in [2.24, 2.45) is 7.05 Å². The van der Waals surface area contributed by atoms with Crippen molar-refractivity contribution < 1.29 is 14.6 Å². The molecule has 0 aliphatic heterocycles. The molecular formula is C9H7ClN4O3. The molecule has 8 heteroatoms. The van der Waals surface area contributed by atoms with Gasteiger partial charge in [-0.15, -0.1) is 5.10 Å². The number of carboxylic acids is 1. The van der Waals surface area contributed by atoms with E-state index in [1.165, 1.54) is 23.3 Å². The normalized spacial score (nSPS) is 10.2. The molecule has 0 saturated carbocycles. The van der Waals surface area contributed by atoms with Crippen molar-refractivity contribution in [2.45, 2.75) is 0 Å². The van der Waals surface area contributed by atoms with Crippen molar-refractivity contribution >= 4 is 17.6 Å². The van der Waals surface area contributed by atoms with E-state index in [4.69, 9.17) is 21.4 Å². The Kier molecular flexibility index (Phi) is 2.92. The molecule has 2 aromatic rings. The fourth-order valence-electron chi connectivity index (χ4n) is 1.10. The van der Waals surface area contributed by atoms with Crippen LogP contribution in [0.1, 0.15) is 10.4 Å². The second-order valence-electron chi connectivity index (χ2n) is 3.11. The molecule has 0 saturated heterocycles. The number of hydrogen-bond acceptors (Lipinski definition) is 5. The number of carboxylic acid groups (broad SMARTS) is 1. The molecule has 0 atom stereocenters. The molecule has 17 heavy (non-hydrogen) atoms. The Bertz CT molecular complexity index is 569. The smallest absolute Gasteiger partial charge is 0.342 e. The van der Waals surface area contributed by atoms with Crippen LogP contribution in [0.5, 0.6) is 11.9 Å². The maximum atomic E-state index is 10.8. The van der Waals surface area contributed by atoms with Gasteiger partial charge < -0.3 is 9.84 Å². The average molecular weight is 255 g/mol. The largest absolute Gasteiger partial charge is 0.478 e. The number of halogens is 1. The summed E-state index contributed by atoms with van der Waals surface area (Å²) in [5, 5.41) is 12.8. The Labute approximate surface area is 101 Å². The van der Waals surface area contributed by atoms with Gasteiger partial charge in [0.2, 0.25) is 5.88 Å². The van der Waals surface area contributed by atoms with Gasteiger partial charge in [-0.1, -0.05) is 11.6 Å². The zero-order valence-corrected chi connectivity index (χ0v) is 9.42. The van der Waals surface area contributed by atoms with E-state index in [9.17, 15) is 4.79 Å². The summed E-state index contributed by atoms with van der Waals surface area (Å²) >= 11 is 5.66. The third-order valence-corrected chi connectivity index (χ3v) is 2.14. The van der Waals surface area contributed by atoms with Gasteiger partial charge in [-0.05, 0) is 0 Å². The topological polar surface area (TPSA) is 90.1 Å². The first kappa shape index (κ1) is 11.3. The molecule has 88 valence electrons. The molecular weight excluding hydrogens is 248 g/mol. The summed E-state index contributed by atoms with van der Waals surface area (Å²) in [6.07, 6.45) is 2.65. The molecule has 0 aromatic carbocycles. The van der Waals surface area contributed by atoms with Crippen LogP contribution in [-0.2, 0) is 7.05 Å². The zero-order valence-electron chi connectivity index (χ0n) is 8.66. The molecule has 1 N–H and O–H groups in total. The third-order valence-electron chi connectivity index (χ3n) is 1.84. The van der Waals surface area contributed by atoms with Crippen molar-refractivity contribution in [3.05, 3.63) is 29.2 Å². The summed E-state index contributed by atoms with van der Waals surface area (Å²) in [7, 11) is 1.68. The van der Waals surface area contributed by atoms with E-state index in [-0.39, 0.29) is 22.5 Å². The summed E-state index contributed by atoms with van der Waals surface area (Å²) in [5.41, 5.74) is -0.0902. The molecule has 0 unspecified atom stereocenters. The van der Waals surface area contributed by atoms with E-state index in [0.29, 0.717) is 0 Å². The van der Waals surface area contributed by atoms with Gasteiger partial charge in [-0.2, -0.15) is 4.98 Å². The number of aryl methyl sites for hydroxylation is 1. The number of pyridine rings is 1. The van der Waals surface area contributed by atoms with Crippen LogP contribution < -0.4 is 4.74 Å². The average Bonchev–Trinajstić information content (AvgIpc) is 2.66. The van der Waals surface area contributed by atoms with Crippen molar-refractivity contribution in [3.8, 4) is 11.9 Å². The van der Waals surface area contributed by atoms with E-state index in [2.05, 4.69) is 15.1 Å². The highest BCUT2D eigenvalue weighted by molar-refractivity contribution is 6.33. The number of ether oxygens (including phenoxy) is 1. The molecule has 2 heterocycles. The van der Waals surface area contributed by atoms with Crippen LogP contribution in [0.4, 0.5) is 0 Å². The van der Waals surface area contributed by atoms with E-state index >= 15 is 0 Å². The van der Waals surface area contributed by atoms with Gasteiger partial charge in [-0.3, -0.25) is 4.68 Å². The van der Waals surface area contributed by atoms with Gasteiger partial charge in [0.1, 0.15) is 6.33 Å². The second kappa shape index (κ2) is 4.38. The molecule has 0 fully saturated rings. The molecule has 0 spiro atoms. The highest BCUT2D eigenvalue weighted by Gasteiger charge is 2.12. The maximum Gasteiger partial charge on any atom is 0.342 e. The summed E-state index contributed by atoms with van der Waals surface area (Å²) in [6.45, 7) is 0. The number of hydrogen-bond donors (Lipinski definition) is 1. The molecule has 0 amide bonds. The highest BCUT2D eigenvalue weighted by atomic mass is 35.5. The number of aromatic nitrogens is 4. The summed E-state index contributed by atoms with van der Waals surface area (Å²) in [5.74, 6) is -1.09. The van der Waals surface area contributed by atoms with Crippen molar-refractivity contribution in [2.75, 3.05) is 0 Å². The van der Waals surface area contributed by atoms with Gasteiger partial charge in [0.05, 0.1) is 16.8 Å². The van der Waals surface area contributed by atoms with Crippen LogP contribution in [0, 0.1) is 0 Å². The Morgan fingerprint density at radius 1 is 1.53 bits per heavy atom. The monoisotopic (exact) mass is 254 g/mol. The second-order valence-corrected chi connectivity index (χ2v) is 3.52. The minimum absolute atomic E-state index is 0.0406. The summed E-state index contributed by atoms with van der Waals surface area (Å²) in [6, 6.07) is 1.29.